The van der Waals surface area contributed by atoms with Crippen molar-refractivity contribution in [2.75, 3.05) is 6.54 Å². The quantitative estimate of drug-likeness (QED) is 0.730. The molecule has 92 valence electrons. The maximum Gasteiger partial charge on any atom is 0.332 e. The Morgan fingerprint density at radius 2 is 2.00 bits per heavy atom. The van der Waals surface area contributed by atoms with E-state index in [9.17, 15) is 9.59 Å². The number of carbonyl (C=O) groups excluding carboxylic acids is 1. The van der Waals surface area contributed by atoms with Crippen LogP contribution < -0.4 is 5.32 Å². The van der Waals surface area contributed by atoms with Gasteiger partial charge < -0.3 is 15.2 Å². The van der Waals surface area contributed by atoms with Crippen molar-refractivity contribution in [3.05, 3.63) is 0 Å². The van der Waals surface area contributed by atoms with Crippen LogP contribution in [0.3, 0.4) is 0 Å². The molecule has 5 nitrogen and oxygen atoms in total. The van der Waals surface area contributed by atoms with Gasteiger partial charge in [0.25, 0.3) is 0 Å². The molecule has 1 rings (SSSR count). The molecule has 2 atom stereocenters. The fourth-order valence-corrected chi connectivity index (χ4v) is 1.61. The van der Waals surface area contributed by atoms with Crippen LogP contribution in [0.25, 0.3) is 0 Å². The van der Waals surface area contributed by atoms with Gasteiger partial charge in [-0.3, -0.25) is 4.79 Å². The number of carboxylic acids is 1. The van der Waals surface area contributed by atoms with E-state index >= 15 is 0 Å². The van der Waals surface area contributed by atoms with E-state index in [1.165, 1.54) is 0 Å². The van der Waals surface area contributed by atoms with Crippen molar-refractivity contribution in [3.8, 4) is 0 Å². The fourth-order valence-electron chi connectivity index (χ4n) is 1.61. The SMILES string of the molecule is CC(C)CCNC(=O)[C@@H]1CC[C@H](C(=O)O)O1. The average molecular weight is 229 g/mol. The first-order chi connectivity index (χ1) is 7.50. The first-order valence-electron chi connectivity index (χ1n) is 5.66. The molecule has 1 saturated heterocycles. The number of carbonyl (C=O) groups is 2. The van der Waals surface area contributed by atoms with Crippen LogP contribution in [0.4, 0.5) is 0 Å². The van der Waals surface area contributed by atoms with E-state index in [-0.39, 0.29) is 5.91 Å². The molecule has 1 amide bonds. The van der Waals surface area contributed by atoms with Gasteiger partial charge in [-0.05, 0) is 25.2 Å². The van der Waals surface area contributed by atoms with E-state index in [4.69, 9.17) is 9.84 Å². The highest BCUT2D eigenvalue weighted by molar-refractivity contribution is 5.82. The lowest BCUT2D eigenvalue weighted by Gasteiger charge is -2.12. The normalized spacial score (nSPS) is 24.7. The maximum absolute atomic E-state index is 11.6. The molecule has 0 aliphatic carbocycles. The second kappa shape index (κ2) is 5.84. The Balaban J connectivity index is 2.26. The van der Waals surface area contributed by atoms with Crippen molar-refractivity contribution >= 4 is 11.9 Å². The van der Waals surface area contributed by atoms with Crippen molar-refractivity contribution in [3.63, 3.8) is 0 Å². The molecule has 16 heavy (non-hydrogen) atoms. The van der Waals surface area contributed by atoms with Crippen LogP contribution in [0.5, 0.6) is 0 Å². The minimum absolute atomic E-state index is 0.190. The molecule has 0 spiro atoms. The summed E-state index contributed by atoms with van der Waals surface area (Å²) in [6.07, 6.45) is 0.414. The van der Waals surface area contributed by atoms with Gasteiger partial charge in [-0.1, -0.05) is 13.8 Å². The minimum atomic E-state index is -0.988. The average Bonchev–Trinajstić information content (AvgIpc) is 2.65. The van der Waals surface area contributed by atoms with Gasteiger partial charge in [-0.25, -0.2) is 4.79 Å². The highest BCUT2D eigenvalue weighted by Gasteiger charge is 2.34. The molecular weight excluding hydrogens is 210 g/mol. The first-order valence-corrected chi connectivity index (χ1v) is 5.66. The summed E-state index contributed by atoms with van der Waals surface area (Å²) in [6, 6.07) is 0. The molecule has 0 aromatic rings. The summed E-state index contributed by atoms with van der Waals surface area (Å²) in [5.74, 6) is -0.640. The molecule has 0 radical (unpaired) electrons. The molecular formula is C11H19NO4. The van der Waals surface area contributed by atoms with Gasteiger partial charge in [0.15, 0.2) is 6.10 Å². The number of aliphatic carboxylic acids is 1. The van der Waals surface area contributed by atoms with Crippen LogP contribution in [0.1, 0.15) is 33.1 Å². The van der Waals surface area contributed by atoms with E-state index in [1.54, 1.807) is 0 Å². The molecule has 1 aliphatic heterocycles. The zero-order chi connectivity index (χ0) is 12.1. The lowest BCUT2D eigenvalue weighted by molar-refractivity contribution is -0.151. The molecule has 0 saturated carbocycles. The predicted molar refractivity (Wildman–Crippen MR) is 58.0 cm³/mol. The summed E-state index contributed by atoms with van der Waals surface area (Å²) in [4.78, 5) is 22.2. The molecule has 2 N–H and O–H groups in total. The van der Waals surface area contributed by atoms with E-state index in [1.807, 2.05) is 0 Å². The molecule has 1 fully saturated rings. The molecule has 5 heteroatoms. The monoisotopic (exact) mass is 229 g/mol. The summed E-state index contributed by atoms with van der Waals surface area (Å²) >= 11 is 0. The zero-order valence-corrected chi connectivity index (χ0v) is 9.73. The lowest BCUT2D eigenvalue weighted by atomic mass is 10.1. The Hall–Kier alpha value is -1.10. The number of rotatable bonds is 5. The van der Waals surface area contributed by atoms with Crippen molar-refractivity contribution in [1.29, 1.82) is 0 Å². The van der Waals surface area contributed by atoms with Crippen LogP contribution in [-0.2, 0) is 14.3 Å². The largest absolute Gasteiger partial charge is 0.479 e. The van der Waals surface area contributed by atoms with Crippen LogP contribution in [0.2, 0.25) is 0 Å². The van der Waals surface area contributed by atoms with Crippen LogP contribution in [0, 0.1) is 5.92 Å². The predicted octanol–water partition coefficient (Wildman–Crippen LogP) is 0.781. The van der Waals surface area contributed by atoms with Crippen molar-refractivity contribution in [2.24, 2.45) is 5.92 Å². The van der Waals surface area contributed by atoms with Crippen LogP contribution in [-0.4, -0.2) is 35.7 Å². The third-order valence-corrected chi connectivity index (χ3v) is 2.61. The van der Waals surface area contributed by atoms with Gasteiger partial charge in [-0.15, -0.1) is 0 Å². The van der Waals surface area contributed by atoms with Crippen LogP contribution in [0.15, 0.2) is 0 Å². The van der Waals surface area contributed by atoms with E-state index in [0.29, 0.717) is 25.3 Å². The van der Waals surface area contributed by atoms with Gasteiger partial charge in [0.05, 0.1) is 0 Å². The number of nitrogens with one attached hydrogen (secondary N) is 1. The molecule has 0 aromatic carbocycles. The van der Waals surface area contributed by atoms with Crippen molar-refractivity contribution in [1.82, 2.24) is 5.32 Å². The number of hydrogen-bond donors (Lipinski definition) is 2. The standard InChI is InChI=1S/C11H19NO4/c1-7(2)5-6-12-10(13)8-3-4-9(16-8)11(14)15/h7-9H,3-6H2,1-2H3,(H,12,13)(H,14,15)/t8-,9+/m0/s1. The first kappa shape index (κ1) is 13.0. The van der Waals surface area contributed by atoms with Crippen molar-refractivity contribution in [2.45, 2.75) is 45.3 Å². The highest BCUT2D eigenvalue weighted by atomic mass is 16.5. The van der Waals surface area contributed by atoms with E-state index in [0.717, 1.165) is 6.42 Å². The summed E-state index contributed by atoms with van der Waals surface area (Å²) in [6.45, 7) is 4.78. The van der Waals surface area contributed by atoms with E-state index in [2.05, 4.69) is 19.2 Å². The Morgan fingerprint density at radius 3 is 2.50 bits per heavy atom. The van der Waals surface area contributed by atoms with Crippen molar-refractivity contribution < 1.29 is 19.4 Å². The van der Waals surface area contributed by atoms with Gasteiger partial charge >= 0.3 is 5.97 Å². The topological polar surface area (TPSA) is 75.6 Å². The van der Waals surface area contributed by atoms with Gasteiger partial charge in [0.1, 0.15) is 6.10 Å². The third kappa shape index (κ3) is 3.81. The fraction of sp³-hybridized carbons (Fsp3) is 0.818. The number of amides is 1. The third-order valence-electron chi connectivity index (χ3n) is 2.61. The Kier molecular flexibility index (Phi) is 4.73. The number of ether oxygens (including phenoxy) is 1. The molecule has 1 aliphatic rings. The van der Waals surface area contributed by atoms with Gasteiger partial charge in [-0.2, -0.15) is 0 Å². The molecule has 0 unspecified atom stereocenters. The Morgan fingerprint density at radius 1 is 1.38 bits per heavy atom. The van der Waals surface area contributed by atoms with Gasteiger partial charge in [0, 0.05) is 6.54 Å². The smallest absolute Gasteiger partial charge is 0.332 e. The highest BCUT2D eigenvalue weighted by Crippen LogP contribution is 2.19. The molecule has 0 bridgehead atoms. The van der Waals surface area contributed by atoms with E-state index < -0.39 is 18.2 Å². The summed E-state index contributed by atoms with van der Waals surface area (Å²) < 4.78 is 5.13. The number of hydrogen-bond acceptors (Lipinski definition) is 3. The Bertz CT molecular complexity index is 265. The Labute approximate surface area is 95.2 Å². The van der Waals surface area contributed by atoms with Gasteiger partial charge in [0.2, 0.25) is 5.91 Å². The lowest BCUT2D eigenvalue weighted by Crippen LogP contribution is -2.36. The van der Waals surface area contributed by atoms with Crippen LogP contribution >= 0.6 is 0 Å². The minimum Gasteiger partial charge on any atom is -0.479 e. The number of carboxylic acid groups (broad SMARTS) is 1. The second-order valence-corrected chi connectivity index (χ2v) is 4.50. The summed E-state index contributed by atoms with van der Waals surface area (Å²) in [5.41, 5.74) is 0. The maximum atomic E-state index is 11.6. The summed E-state index contributed by atoms with van der Waals surface area (Å²) in [5, 5.41) is 11.5. The molecule has 0 aromatic heterocycles. The second-order valence-electron chi connectivity index (χ2n) is 4.50. The zero-order valence-electron chi connectivity index (χ0n) is 9.73. The summed E-state index contributed by atoms with van der Waals surface area (Å²) in [7, 11) is 0. The molecule has 1 heterocycles.